The standard InChI is InChI=1S/C25H31N3O5S/c1-33-20-11-13-21(14-12-20)34(31,32)28-17-7-8-19(18-28)24(29)26-23-10-4-3-9-22(23)25(30)27-15-5-2-6-16-27/h3-4,9-14,19H,2,5-8,15-18H2,1H3,(H,26,29)/t19-/m0/s1. The Kier molecular flexibility index (Phi) is 7.53. The predicted molar refractivity (Wildman–Crippen MR) is 129 cm³/mol. The van der Waals surface area contributed by atoms with E-state index in [4.69, 9.17) is 4.74 Å². The van der Waals surface area contributed by atoms with Crippen LogP contribution in [0.3, 0.4) is 0 Å². The van der Waals surface area contributed by atoms with Crippen LogP contribution in [0.25, 0.3) is 0 Å². The number of piperidine rings is 2. The van der Waals surface area contributed by atoms with Crippen LogP contribution in [-0.4, -0.2) is 62.7 Å². The number of carbonyl (C=O) groups excluding carboxylic acids is 2. The van der Waals surface area contributed by atoms with Crippen molar-refractivity contribution in [1.29, 1.82) is 0 Å². The van der Waals surface area contributed by atoms with Crippen molar-refractivity contribution >= 4 is 27.5 Å². The van der Waals surface area contributed by atoms with Gasteiger partial charge in [-0.2, -0.15) is 4.31 Å². The molecule has 0 spiro atoms. The van der Waals surface area contributed by atoms with E-state index in [1.165, 1.54) is 23.5 Å². The summed E-state index contributed by atoms with van der Waals surface area (Å²) in [5.74, 6) is -0.274. The van der Waals surface area contributed by atoms with Crippen LogP contribution in [-0.2, 0) is 14.8 Å². The predicted octanol–water partition coefficient (Wildman–Crippen LogP) is 3.36. The Hall–Kier alpha value is -2.91. The Balaban J connectivity index is 1.46. The maximum atomic E-state index is 13.1. The van der Waals surface area contributed by atoms with Crippen LogP contribution in [0, 0.1) is 5.92 Å². The minimum Gasteiger partial charge on any atom is -0.497 e. The van der Waals surface area contributed by atoms with Crippen molar-refractivity contribution in [1.82, 2.24) is 9.21 Å². The smallest absolute Gasteiger partial charge is 0.255 e. The molecule has 0 unspecified atom stereocenters. The zero-order chi connectivity index (χ0) is 24.1. The summed E-state index contributed by atoms with van der Waals surface area (Å²) in [5, 5.41) is 2.90. The lowest BCUT2D eigenvalue weighted by atomic mass is 9.98. The van der Waals surface area contributed by atoms with E-state index < -0.39 is 15.9 Å². The minimum atomic E-state index is -3.73. The highest BCUT2D eigenvalue weighted by molar-refractivity contribution is 7.89. The van der Waals surface area contributed by atoms with Crippen molar-refractivity contribution in [2.24, 2.45) is 5.92 Å². The quantitative estimate of drug-likeness (QED) is 0.677. The summed E-state index contributed by atoms with van der Waals surface area (Å²) in [6, 6.07) is 13.3. The molecule has 2 saturated heterocycles. The average molecular weight is 486 g/mol. The van der Waals surface area contributed by atoms with Crippen molar-refractivity contribution in [3.05, 3.63) is 54.1 Å². The lowest BCUT2D eigenvalue weighted by molar-refractivity contribution is -0.120. The molecule has 34 heavy (non-hydrogen) atoms. The van der Waals surface area contributed by atoms with Crippen LogP contribution < -0.4 is 10.1 Å². The molecule has 0 aromatic heterocycles. The fraction of sp³-hybridized carbons (Fsp3) is 0.440. The number of hydrogen-bond acceptors (Lipinski definition) is 5. The van der Waals surface area contributed by atoms with E-state index in [1.54, 1.807) is 36.4 Å². The minimum absolute atomic E-state index is 0.0806. The Morgan fingerprint density at radius 2 is 1.65 bits per heavy atom. The molecular weight excluding hydrogens is 454 g/mol. The third kappa shape index (κ3) is 5.26. The zero-order valence-corrected chi connectivity index (χ0v) is 20.2. The van der Waals surface area contributed by atoms with Gasteiger partial charge in [0.2, 0.25) is 15.9 Å². The number of hydrogen-bond donors (Lipinski definition) is 1. The highest BCUT2D eigenvalue weighted by atomic mass is 32.2. The summed E-state index contributed by atoms with van der Waals surface area (Å²) in [7, 11) is -2.20. The van der Waals surface area contributed by atoms with Crippen LogP contribution in [0.5, 0.6) is 5.75 Å². The van der Waals surface area contributed by atoms with E-state index in [1.807, 2.05) is 4.90 Å². The van der Waals surface area contributed by atoms with Gasteiger partial charge in [0.1, 0.15) is 5.75 Å². The van der Waals surface area contributed by atoms with Gasteiger partial charge in [-0.15, -0.1) is 0 Å². The molecule has 1 atom stereocenters. The van der Waals surface area contributed by atoms with Gasteiger partial charge in [-0.25, -0.2) is 8.42 Å². The molecular formula is C25H31N3O5S. The van der Waals surface area contributed by atoms with E-state index in [0.717, 1.165) is 32.4 Å². The van der Waals surface area contributed by atoms with E-state index in [9.17, 15) is 18.0 Å². The summed E-state index contributed by atoms with van der Waals surface area (Å²) in [6.07, 6.45) is 4.27. The lowest BCUT2D eigenvalue weighted by Gasteiger charge is -2.31. The first-order valence-electron chi connectivity index (χ1n) is 11.7. The van der Waals surface area contributed by atoms with Gasteiger partial charge < -0.3 is 15.0 Å². The van der Waals surface area contributed by atoms with Gasteiger partial charge in [0.15, 0.2) is 0 Å². The Morgan fingerprint density at radius 1 is 0.941 bits per heavy atom. The molecule has 2 amide bonds. The molecule has 2 fully saturated rings. The lowest BCUT2D eigenvalue weighted by Crippen LogP contribution is -2.43. The molecule has 0 bridgehead atoms. The number of benzene rings is 2. The van der Waals surface area contributed by atoms with E-state index in [2.05, 4.69) is 5.32 Å². The number of likely N-dealkylation sites (tertiary alicyclic amines) is 1. The molecule has 2 aromatic rings. The van der Waals surface area contributed by atoms with Crippen LogP contribution in [0.15, 0.2) is 53.4 Å². The molecule has 2 aromatic carbocycles. The molecule has 0 saturated carbocycles. The van der Waals surface area contributed by atoms with Gasteiger partial charge in [0, 0.05) is 26.2 Å². The van der Waals surface area contributed by atoms with Crippen molar-refractivity contribution in [2.45, 2.75) is 37.0 Å². The Morgan fingerprint density at radius 3 is 2.35 bits per heavy atom. The Bertz CT molecular complexity index is 1130. The molecule has 0 radical (unpaired) electrons. The van der Waals surface area contributed by atoms with E-state index in [-0.39, 0.29) is 23.3 Å². The van der Waals surface area contributed by atoms with Gasteiger partial charge >= 0.3 is 0 Å². The van der Waals surface area contributed by atoms with E-state index in [0.29, 0.717) is 36.4 Å². The van der Waals surface area contributed by atoms with Crippen molar-refractivity contribution < 1.29 is 22.7 Å². The normalized spacial score (nSPS) is 19.4. The number of para-hydroxylation sites is 1. The fourth-order valence-electron chi connectivity index (χ4n) is 4.55. The van der Waals surface area contributed by atoms with Crippen LogP contribution >= 0.6 is 0 Å². The van der Waals surface area contributed by atoms with Crippen molar-refractivity contribution in [3.63, 3.8) is 0 Å². The largest absolute Gasteiger partial charge is 0.497 e. The zero-order valence-electron chi connectivity index (χ0n) is 19.4. The molecule has 9 heteroatoms. The van der Waals surface area contributed by atoms with Gasteiger partial charge in [-0.05, 0) is 68.5 Å². The highest BCUT2D eigenvalue weighted by Crippen LogP contribution is 2.27. The second kappa shape index (κ2) is 10.6. The van der Waals surface area contributed by atoms with E-state index >= 15 is 0 Å². The second-order valence-corrected chi connectivity index (χ2v) is 10.7. The van der Waals surface area contributed by atoms with Crippen molar-refractivity contribution in [3.8, 4) is 5.75 Å². The molecule has 2 aliphatic heterocycles. The molecule has 2 heterocycles. The molecule has 1 N–H and O–H groups in total. The summed E-state index contributed by atoms with van der Waals surface area (Å²) in [5.41, 5.74) is 0.939. The summed E-state index contributed by atoms with van der Waals surface area (Å²) >= 11 is 0. The number of ether oxygens (including phenoxy) is 1. The Labute approximate surface area is 200 Å². The van der Waals surface area contributed by atoms with Crippen LogP contribution in [0.4, 0.5) is 5.69 Å². The van der Waals surface area contributed by atoms with Crippen LogP contribution in [0.2, 0.25) is 0 Å². The summed E-state index contributed by atoms with van der Waals surface area (Å²) in [6.45, 7) is 1.91. The topological polar surface area (TPSA) is 96.0 Å². The molecule has 8 nitrogen and oxygen atoms in total. The van der Waals surface area contributed by atoms with Crippen molar-refractivity contribution in [2.75, 3.05) is 38.6 Å². The number of carbonyl (C=O) groups is 2. The number of amides is 2. The number of rotatable bonds is 6. The third-order valence-electron chi connectivity index (χ3n) is 6.51. The van der Waals surface area contributed by atoms with Crippen LogP contribution in [0.1, 0.15) is 42.5 Å². The number of nitrogens with zero attached hydrogens (tertiary/aromatic N) is 2. The van der Waals surface area contributed by atoms with Gasteiger partial charge in [0.25, 0.3) is 5.91 Å². The average Bonchev–Trinajstić information content (AvgIpc) is 2.89. The monoisotopic (exact) mass is 485 g/mol. The maximum Gasteiger partial charge on any atom is 0.255 e. The number of methoxy groups -OCH3 is 1. The summed E-state index contributed by atoms with van der Waals surface area (Å²) < 4.78 is 32.7. The first-order chi connectivity index (χ1) is 16.4. The number of sulfonamides is 1. The first-order valence-corrected chi connectivity index (χ1v) is 13.2. The molecule has 2 aliphatic rings. The fourth-order valence-corrected chi connectivity index (χ4v) is 6.08. The molecule has 4 rings (SSSR count). The SMILES string of the molecule is COc1ccc(S(=O)(=O)N2CCC[C@H](C(=O)Nc3ccccc3C(=O)N3CCCCC3)C2)cc1. The molecule has 0 aliphatic carbocycles. The van der Waals surface area contributed by atoms with Gasteiger partial charge in [-0.1, -0.05) is 12.1 Å². The summed E-state index contributed by atoms with van der Waals surface area (Å²) in [4.78, 5) is 28.2. The maximum absolute atomic E-state index is 13.1. The number of nitrogens with one attached hydrogen (secondary N) is 1. The highest BCUT2D eigenvalue weighted by Gasteiger charge is 2.34. The number of anilines is 1. The molecule has 182 valence electrons. The van der Waals surface area contributed by atoms with Gasteiger partial charge in [0.05, 0.1) is 29.2 Å². The third-order valence-corrected chi connectivity index (χ3v) is 8.39. The van der Waals surface area contributed by atoms with Gasteiger partial charge in [-0.3, -0.25) is 9.59 Å². The first kappa shape index (κ1) is 24.2. The second-order valence-electron chi connectivity index (χ2n) is 8.77.